The van der Waals surface area contributed by atoms with Crippen molar-refractivity contribution in [3.8, 4) is 0 Å². The summed E-state index contributed by atoms with van der Waals surface area (Å²) in [5.74, 6) is 5.27. The standard InChI is InChI=1S/C13H14FN3/c1-9-8-16-7-6-10(9)13(17-15)11-4-2-3-5-12(11)14/h2-8,13,17H,15H2,1H3. The van der Waals surface area contributed by atoms with Crippen LogP contribution in [-0.4, -0.2) is 4.98 Å². The van der Waals surface area contributed by atoms with Gasteiger partial charge in [0, 0.05) is 18.0 Å². The van der Waals surface area contributed by atoms with Gasteiger partial charge in [0.2, 0.25) is 0 Å². The number of aromatic nitrogens is 1. The van der Waals surface area contributed by atoms with Gasteiger partial charge >= 0.3 is 0 Å². The number of halogens is 1. The predicted molar refractivity (Wildman–Crippen MR) is 64.5 cm³/mol. The molecule has 4 heteroatoms. The molecule has 3 N–H and O–H groups in total. The molecule has 0 aliphatic carbocycles. The monoisotopic (exact) mass is 231 g/mol. The molecule has 0 amide bonds. The number of aryl methyl sites for hydroxylation is 1. The minimum atomic E-state index is -0.362. The van der Waals surface area contributed by atoms with E-state index in [2.05, 4.69) is 10.4 Å². The van der Waals surface area contributed by atoms with Crippen LogP contribution in [0.25, 0.3) is 0 Å². The number of nitrogens with one attached hydrogen (secondary N) is 1. The fourth-order valence-corrected chi connectivity index (χ4v) is 1.86. The number of hydrazine groups is 1. The molecule has 0 radical (unpaired) electrons. The van der Waals surface area contributed by atoms with Crippen molar-refractivity contribution < 1.29 is 4.39 Å². The Bertz CT molecular complexity index is 468. The number of nitrogens with two attached hydrogens (primary N) is 1. The first-order valence-corrected chi connectivity index (χ1v) is 5.35. The van der Waals surface area contributed by atoms with Crippen molar-refractivity contribution in [2.75, 3.05) is 0 Å². The highest BCUT2D eigenvalue weighted by atomic mass is 19.1. The van der Waals surface area contributed by atoms with Crippen LogP contribution in [0.5, 0.6) is 0 Å². The molecule has 0 bridgehead atoms. The van der Waals surface area contributed by atoms with Gasteiger partial charge in [-0.3, -0.25) is 10.8 Å². The molecule has 0 saturated carbocycles. The molecule has 1 heterocycles. The summed E-state index contributed by atoms with van der Waals surface area (Å²) in [5.41, 5.74) is 5.08. The van der Waals surface area contributed by atoms with Crippen LogP contribution >= 0.6 is 0 Å². The molecule has 3 nitrogen and oxygen atoms in total. The SMILES string of the molecule is Cc1cnccc1C(NN)c1ccccc1F. The molecular weight excluding hydrogens is 217 g/mol. The van der Waals surface area contributed by atoms with Gasteiger partial charge in [0.25, 0.3) is 0 Å². The van der Waals surface area contributed by atoms with Crippen LogP contribution in [0.4, 0.5) is 4.39 Å². The van der Waals surface area contributed by atoms with E-state index >= 15 is 0 Å². The Morgan fingerprint density at radius 3 is 2.65 bits per heavy atom. The van der Waals surface area contributed by atoms with Gasteiger partial charge in [0.15, 0.2) is 0 Å². The number of hydrogen-bond acceptors (Lipinski definition) is 3. The molecule has 2 aromatic rings. The summed E-state index contributed by atoms with van der Waals surface area (Å²) in [6.07, 6.45) is 3.41. The topological polar surface area (TPSA) is 50.9 Å². The summed E-state index contributed by atoms with van der Waals surface area (Å²) in [7, 11) is 0. The Morgan fingerprint density at radius 1 is 1.24 bits per heavy atom. The number of nitrogens with zero attached hydrogens (tertiary/aromatic N) is 1. The van der Waals surface area contributed by atoms with Crippen molar-refractivity contribution in [1.29, 1.82) is 0 Å². The van der Waals surface area contributed by atoms with E-state index in [1.807, 2.05) is 13.0 Å². The highest BCUT2D eigenvalue weighted by molar-refractivity contribution is 5.35. The van der Waals surface area contributed by atoms with E-state index in [0.717, 1.165) is 11.1 Å². The van der Waals surface area contributed by atoms with Gasteiger partial charge in [-0.25, -0.2) is 9.82 Å². The first-order chi connectivity index (χ1) is 8.24. The van der Waals surface area contributed by atoms with E-state index in [1.165, 1.54) is 6.07 Å². The summed E-state index contributed by atoms with van der Waals surface area (Å²) in [6, 6.07) is 8.08. The van der Waals surface area contributed by atoms with Crippen LogP contribution in [0.1, 0.15) is 22.7 Å². The first-order valence-electron chi connectivity index (χ1n) is 5.35. The van der Waals surface area contributed by atoms with Crippen molar-refractivity contribution in [3.63, 3.8) is 0 Å². The van der Waals surface area contributed by atoms with E-state index in [1.54, 1.807) is 30.6 Å². The van der Waals surface area contributed by atoms with E-state index in [0.29, 0.717) is 5.56 Å². The van der Waals surface area contributed by atoms with Gasteiger partial charge in [0.1, 0.15) is 5.82 Å². The number of rotatable bonds is 3. The highest BCUT2D eigenvalue weighted by Gasteiger charge is 2.17. The lowest BCUT2D eigenvalue weighted by molar-refractivity contribution is 0.558. The van der Waals surface area contributed by atoms with Crippen molar-refractivity contribution in [2.45, 2.75) is 13.0 Å². The smallest absolute Gasteiger partial charge is 0.128 e. The molecule has 1 aromatic carbocycles. The summed E-state index contributed by atoms with van der Waals surface area (Å²) in [5, 5.41) is 0. The minimum absolute atomic E-state index is 0.272. The quantitative estimate of drug-likeness (QED) is 0.628. The zero-order valence-corrected chi connectivity index (χ0v) is 9.52. The second-order valence-corrected chi connectivity index (χ2v) is 3.85. The second kappa shape index (κ2) is 5.03. The highest BCUT2D eigenvalue weighted by Crippen LogP contribution is 2.25. The fraction of sp³-hybridized carbons (Fsp3) is 0.154. The third kappa shape index (κ3) is 2.33. The lowest BCUT2D eigenvalue weighted by Gasteiger charge is -2.19. The van der Waals surface area contributed by atoms with Crippen molar-refractivity contribution in [1.82, 2.24) is 10.4 Å². The molecule has 17 heavy (non-hydrogen) atoms. The number of pyridine rings is 1. The lowest BCUT2D eigenvalue weighted by atomic mass is 9.96. The second-order valence-electron chi connectivity index (χ2n) is 3.85. The van der Waals surface area contributed by atoms with Crippen LogP contribution in [-0.2, 0) is 0 Å². The average Bonchev–Trinajstić information content (AvgIpc) is 2.34. The zero-order chi connectivity index (χ0) is 12.3. The number of benzene rings is 1. The number of hydrogen-bond donors (Lipinski definition) is 2. The first kappa shape index (κ1) is 11.7. The van der Waals surface area contributed by atoms with Crippen LogP contribution in [0, 0.1) is 12.7 Å². The van der Waals surface area contributed by atoms with E-state index in [4.69, 9.17) is 5.84 Å². The van der Waals surface area contributed by atoms with Crippen molar-refractivity contribution in [2.24, 2.45) is 5.84 Å². The van der Waals surface area contributed by atoms with Crippen LogP contribution in [0.3, 0.4) is 0 Å². The van der Waals surface area contributed by atoms with Gasteiger partial charge in [-0.05, 0) is 30.2 Å². The Morgan fingerprint density at radius 2 is 2.00 bits per heavy atom. The average molecular weight is 231 g/mol. The zero-order valence-electron chi connectivity index (χ0n) is 9.52. The maximum absolute atomic E-state index is 13.7. The van der Waals surface area contributed by atoms with Gasteiger partial charge in [0.05, 0.1) is 6.04 Å². The maximum atomic E-state index is 13.7. The minimum Gasteiger partial charge on any atom is -0.271 e. The molecule has 1 aromatic heterocycles. The van der Waals surface area contributed by atoms with Gasteiger partial charge in [-0.2, -0.15) is 0 Å². The van der Waals surface area contributed by atoms with E-state index in [-0.39, 0.29) is 11.9 Å². The van der Waals surface area contributed by atoms with Gasteiger partial charge in [-0.1, -0.05) is 18.2 Å². The van der Waals surface area contributed by atoms with Crippen LogP contribution in [0.2, 0.25) is 0 Å². The van der Waals surface area contributed by atoms with E-state index in [9.17, 15) is 4.39 Å². The third-order valence-electron chi connectivity index (χ3n) is 2.76. The summed E-state index contributed by atoms with van der Waals surface area (Å²) in [4.78, 5) is 4.02. The lowest BCUT2D eigenvalue weighted by Crippen LogP contribution is -2.30. The summed E-state index contributed by atoms with van der Waals surface area (Å²) in [6.45, 7) is 1.92. The van der Waals surface area contributed by atoms with Gasteiger partial charge < -0.3 is 0 Å². The van der Waals surface area contributed by atoms with Crippen molar-refractivity contribution in [3.05, 3.63) is 65.2 Å². The van der Waals surface area contributed by atoms with E-state index < -0.39 is 0 Å². The summed E-state index contributed by atoms with van der Waals surface area (Å²) >= 11 is 0. The van der Waals surface area contributed by atoms with Crippen LogP contribution in [0.15, 0.2) is 42.7 Å². The maximum Gasteiger partial charge on any atom is 0.128 e. The Hall–Kier alpha value is -1.78. The van der Waals surface area contributed by atoms with Gasteiger partial charge in [-0.15, -0.1) is 0 Å². The van der Waals surface area contributed by atoms with Crippen molar-refractivity contribution >= 4 is 0 Å². The fourth-order valence-electron chi connectivity index (χ4n) is 1.86. The largest absolute Gasteiger partial charge is 0.271 e. The molecule has 2 rings (SSSR count). The molecule has 88 valence electrons. The third-order valence-corrected chi connectivity index (χ3v) is 2.76. The van der Waals surface area contributed by atoms with Crippen LogP contribution < -0.4 is 11.3 Å². The Balaban J connectivity index is 2.48. The molecular formula is C13H14FN3. The molecule has 0 saturated heterocycles. The molecule has 0 fully saturated rings. The molecule has 1 atom stereocenters. The molecule has 0 spiro atoms. The molecule has 1 unspecified atom stereocenters. The Labute approximate surface area is 99.5 Å². The summed E-state index contributed by atoms with van der Waals surface area (Å²) < 4.78 is 13.7. The predicted octanol–water partition coefficient (Wildman–Crippen LogP) is 2.08. The molecule has 0 aliphatic heterocycles. The normalized spacial score (nSPS) is 12.4. The Kier molecular flexibility index (Phi) is 3.46. The molecule has 0 aliphatic rings.